The molecule has 0 atom stereocenters. The average Bonchev–Trinajstić information content (AvgIpc) is 2.31. The summed E-state index contributed by atoms with van der Waals surface area (Å²) in [4.78, 5) is 0. The Hall–Kier alpha value is -0.600. The number of alkyl halides is 6. The molecule has 142 valence electrons. The van der Waals surface area contributed by atoms with Gasteiger partial charge in [-0.3, -0.25) is 0 Å². The summed E-state index contributed by atoms with van der Waals surface area (Å²) in [5.41, 5.74) is -12.4. The Labute approximate surface area is 130 Å². The number of unbranched alkanes of at least 4 members (excludes halogenated alkanes) is 1. The molecule has 6 nitrogen and oxygen atoms in total. The maximum Gasteiger partial charge on any atom is 0.480 e. The molecule has 0 heterocycles. The largest absolute Gasteiger partial charge is 0.480 e. The standard InChI is InChI=1S/C7H17N.C2F6NO4S2/c1-3-5-7-8-6-4-2;3-1(4,5)14(10,11)9-15(12,13)2(6,7)8/h8H,3-7H2,1-2H3;/q;-1/p+1. The van der Waals surface area contributed by atoms with Crippen molar-refractivity contribution in [2.24, 2.45) is 0 Å². The van der Waals surface area contributed by atoms with Crippen molar-refractivity contribution < 1.29 is 48.5 Å². The van der Waals surface area contributed by atoms with E-state index in [0.29, 0.717) is 0 Å². The highest BCUT2D eigenvalue weighted by Crippen LogP contribution is 2.36. The van der Waals surface area contributed by atoms with Crippen LogP contribution in [0.15, 0.2) is 0 Å². The second-order valence-corrected chi connectivity index (χ2v) is 7.56. The number of sulfonamides is 2. The maximum absolute atomic E-state index is 11.4. The molecule has 0 aliphatic heterocycles. The number of quaternary nitrogens is 1. The van der Waals surface area contributed by atoms with Gasteiger partial charge in [0.05, 0.1) is 13.1 Å². The van der Waals surface area contributed by atoms with Gasteiger partial charge >= 0.3 is 11.0 Å². The molecule has 0 radical (unpaired) electrons. The number of halogens is 6. The number of hydrogen-bond acceptors (Lipinski definition) is 4. The van der Waals surface area contributed by atoms with Crippen LogP contribution in [0.3, 0.4) is 0 Å². The monoisotopic (exact) mass is 396 g/mol. The van der Waals surface area contributed by atoms with Crippen molar-refractivity contribution in [3.63, 3.8) is 0 Å². The molecule has 0 fully saturated rings. The smallest absolute Gasteiger partial charge is 0.421 e. The molecule has 0 aromatic carbocycles. The van der Waals surface area contributed by atoms with E-state index < -0.39 is 31.1 Å². The van der Waals surface area contributed by atoms with Crippen molar-refractivity contribution in [3.05, 3.63) is 4.13 Å². The second kappa shape index (κ2) is 9.64. The average molecular weight is 396 g/mol. The highest BCUT2D eigenvalue weighted by Gasteiger charge is 2.46. The van der Waals surface area contributed by atoms with Gasteiger partial charge in [0.1, 0.15) is 0 Å². The predicted octanol–water partition coefficient (Wildman–Crippen LogP) is 1.82. The third-order valence-corrected chi connectivity index (χ3v) is 4.78. The summed E-state index contributed by atoms with van der Waals surface area (Å²) in [7, 11) is -13.4. The Morgan fingerprint density at radius 1 is 0.783 bits per heavy atom. The molecule has 0 aromatic rings. The predicted molar refractivity (Wildman–Crippen MR) is 70.2 cm³/mol. The summed E-state index contributed by atoms with van der Waals surface area (Å²) < 4.78 is 109. The van der Waals surface area contributed by atoms with Gasteiger partial charge in [-0.2, -0.15) is 26.3 Å². The summed E-state index contributed by atoms with van der Waals surface area (Å²) in [5, 5.41) is 2.39. The molecule has 14 heteroatoms. The van der Waals surface area contributed by atoms with Crippen LogP contribution in [-0.4, -0.2) is 40.9 Å². The normalized spacial score (nSPS) is 13.4. The van der Waals surface area contributed by atoms with Gasteiger partial charge in [-0.25, -0.2) is 16.8 Å². The molecule has 0 amide bonds. The van der Waals surface area contributed by atoms with E-state index in [2.05, 4.69) is 19.2 Å². The van der Waals surface area contributed by atoms with E-state index in [1.165, 1.54) is 32.4 Å². The van der Waals surface area contributed by atoms with Crippen LogP contribution in [0.2, 0.25) is 0 Å². The van der Waals surface area contributed by atoms with Crippen LogP contribution in [0, 0.1) is 0 Å². The first-order valence-electron chi connectivity index (χ1n) is 6.30. The molecular formula is C9H18F6N2O4S2. The lowest BCUT2D eigenvalue weighted by Crippen LogP contribution is -2.84. The Bertz CT molecular complexity index is 479. The van der Waals surface area contributed by atoms with Crippen molar-refractivity contribution in [1.29, 1.82) is 0 Å². The molecule has 23 heavy (non-hydrogen) atoms. The number of rotatable bonds is 7. The SMILES string of the molecule is CCCC[NH2+]CCC.O=S(=O)([N-]S(=O)(=O)C(F)(F)F)C(F)(F)F. The van der Waals surface area contributed by atoms with Crippen molar-refractivity contribution >= 4 is 20.0 Å². The number of hydrogen-bond donors (Lipinski definition) is 1. The van der Waals surface area contributed by atoms with E-state index in [0.717, 1.165) is 4.13 Å². The molecule has 0 saturated heterocycles. The first kappa shape index (κ1) is 24.6. The molecule has 0 saturated carbocycles. The molecular weight excluding hydrogens is 378 g/mol. The molecule has 0 aliphatic carbocycles. The van der Waals surface area contributed by atoms with Gasteiger partial charge in [-0.15, -0.1) is 0 Å². The van der Waals surface area contributed by atoms with Crippen LogP contribution in [0.25, 0.3) is 4.13 Å². The van der Waals surface area contributed by atoms with Crippen molar-refractivity contribution in [2.45, 2.75) is 44.1 Å². The zero-order chi connectivity index (χ0) is 18.9. The molecule has 2 N–H and O–H groups in total. The van der Waals surface area contributed by atoms with Crippen molar-refractivity contribution in [2.75, 3.05) is 13.1 Å². The maximum atomic E-state index is 11.4. The minimum absolute atomic E-state index is 0.778. The number of nitrogens with zero attached hydrogens (tertiary/aromatic N) is 1. The van der Waals surface area contributed by atoms with Crippen molar-refractivity contribution in [3.8, 4) is 0 Å². The van der Waals surface area contributed by atoms with Gasteiger partial charge in [0.15, 0.2) is 20.0 Å². The van der Waals surface area contributed by atoms with Gasteiger partial charge in [0, 0.05) is 0 Å². The van der Waals surface area contributed by atoms with Crippen LogP contribution < -0.4 is 5.32 Å². The summed E-state index contributed by atoms with van der Waals surface area (Å²) in [6.45, 7) is 7.09. The van der Waals surface area contributed by atoms with Crippen molar-refractivity contribution in [1.82, 2.24) is 0 Å². The molecule has 0 rings (SSSR count). The van der Waals surface area contributed by atoms with E-state index in [1.807, 2.05) is 0 Å². The molecule has 0 spiro atoms. The van der Waals surface area contributed by atoms with Crippen LogP contribution >= 0.6 is 0 Å². The van der Waals surface area contributed by atoms with E-state index in [-0.39, 0.29) is 0 Å². The fraction of sp³-hybridized carbons (Fsp3) is 1.00. The van der Waals surface area contributed by atoms with Crippen LogP contribution in [0.5, 0.6) is 0 Å². The van der Waals surface area contributed by atoms with Gasteiger partial charge in [0.2, 0.25) is 0 Å². The molecule has 0 aromatic heterocycles. The van der Waals surface area contributed by atoms with E-state index in [9.17, 15) is 43.2 Å². The third kappa shape index (κ3) is 9.99. The van der Waals surface area contributed by atoms with Crippen LogP contribution in [0.1, 0.15) is 33.1 Å². The fourth-order valence-electron chi connectivity index (χ4n) is 0.911. The second-order valence-electron chi connectivity index (χ2n) is 4.14. The lowest BCUT2D eigenvalue weighted by molar-refractivity contribution is -0.655. The van der Waals surface area contributed by atoms with E-state index in [1.54, 1.807) is 0 Å². The minimum Gasteiger partial charge on any atom is -0.421 e. The molecule has 0 unspecified atom stereocenters. The molecule has 0 aliphatic rings. The summed E-state index contributed by atoms with van der Waals surface area (Å²) in [6, 6.07) is 0. The van der Waals surface area contributed by atoms with Gasteiger partial charge in [-0.1, -0.05) is 20.3 Å². The summed E-state index contributed by atoms with van der Waals surface area (Å²) in [6.07, 6.45) is 4.02. The minimum atomic E-state index is -6.72. The van der Waals surface area contributed by atoms with Gasteiger partial charge < -0.3 is 9.44 Å². The Kier molecular flexibility index (Phi) is 10.3. The zero-order valence-electron chi connectivity index (χ0n) is 12.3. The highest BCUT2D eigenvalue weighted by molar-refractivity contribution is 8.13. The topological polar surface area (TPSA) is 99.0 Å². The lowest BCUT2D eigenvalue weighted by Gasteiger charge is -2.22. The van der Waals surface area contributed by atoms with Crippen LogP contribution in [0.4, 0.5) is 26.3 Å². The Morgan fingerprint density at radius 2 is 1.17 bits per heavy atom. The quantitative estimate of drug-likeness (QED) is 0.524. The summed E-state index contributed by atoms with van der Waals surface area (Å²) in [5.74, 6) is 0. The molecule has 0 bridgehead atoms. The zero-order valence-corrected chi connectivity index (χ0v) is 13.9. The number of nitrogens with two attached hydrogens (primary N) is 1. The summed E-state index contributed by atoms with van der Waals surface area (Å²) >= 11 is 0. The van der Waals surface area contributed by atoms with E-state index >= 15 is 0 Å². The fourth-order valence-corrected chi connectivity index (χ4v) is 2.62. The van der Waals surface area contributed by atoms with E-state index in [4.69, 9.17) is 0 Å². The Morgan fingerprint density at radius 3 is 1.43 bits per heavy atom. The van der Waals surface area contributed by atoms with Crippen LogP contribution in [-0.2, 0) is 20.0 Å². The lowest BCUT2D eigenvalue weighted by atomic mass is 10.3. The first-order valence-corrected chi connectivity index (χ1v) is 9.18. The van der Waals surface area contributed by atoms with Gasteiger partial charge in [-0.05, 0) is 12.8 Å². The van der Waals surface area contributed by atoms with Gasteiger partial charge in [0.25, 0.3) is 0 Å². The third-order valence-electron chi connectivity index (χ3n) is 2.04. The Balaban J connectivity index is 0. The first-order chi connectivity index (χ1) is 10.1. The highest BCUT2D eigenvalue weighted by atomic mass is 32.3.